The minimum absolute atomic E-state index is 0.0962. The fourth-order valence-corrected chi connectivity index (χ4v) is 12.1. The molecule has 0 saturated carbocycles. The van der Waals surface area contributed by atoms with Crippen LogP contribution in [-0.2, 0) is 10.8 Å². The van der Waals surface area contributed by atoms with E-state index < -0.39 is 0 Å². The summed E-state index contributed by atoms with van der Waals surface area (Å²) in [5.41, 5.74) is 20.3. The molecule has 0 aromatic heterocycles. The molecule has 11 aromatic rings. The molecule has 11 aromatic carbocycles. The van der Waals surface area contributed by atoms with Gasteiger partial charge in [0.1, 0.15) is 0 Å². The molecule has 14 rings (SSSR count). The third-order valence-corrected chi connectivity index (χ3v) is 15.9. The number of nitrogens with zero attached hydrogens (tertiary/aromatic N) is 3. The molecule has 6 heteroatoms. The molecule has 0 fully saturated rings. The lowest BCUT2D eigenvalue weighted by Gasteiger charge is -2.47. The zero-order chi connectivity index (χ0) is 52.9. The maximum atomic E-state index is 6.95. The molecule has 0 aliphatic carbocycles. The fraction of sp³-hybridized carbons (Fsp3) is 0.111. The summed E-state index contributed by atoms with van der Waals surface area (Å²) in [6.45, 7) is 13.5. The summed E-state index contributed by atoms with van der Waals surface area (Å²) in [6.07, 6.45) is 0. The monoisotopic (exact) mass is 1010 g/mol. The second kappa shape index (κ2) is 18.2. The van der Waals surface area contributed by atoms with Gasteiger partial charge in [0.05, 0.1) is 5.69 Å². The standard InChI is InChI=1S/C72H58BN3O2/c1-71(2,3)50-35-38-60(56(42-50)47-23-11-7-12-24-47)75-63-46-68-67(77-65-33-21-22-34-66(65)78-68)45-59(63)73-70-64(75)41-49-27-19-20-32-55(49)69(70)58-44-54(74(52-28-15-9-16-29-52)53-30-17-10-18-31-53)37-40-62(58)76(73)61-39-36-51(72(4,5)6)43-57(61)48-25-13-8-14-26-48/h7-46H,1-6H3. The van der Waals surface area contributed by atoms with Gasteiger partial charge in [-0.3, -0.25) is 0 Å². The van der Waals surface area contributed by atoms with Crippen molar-refractivity contribution in [2.24, 2.45) is 0 Å². The lowest BCUT2D eigenvalue weighted by atomic mass is 9.43. The number of anilines is 8. The summed E-state index contributed by atoms with van der Waals surface area (Å²) < 4.78 is 13.8. The van der Waals surface area contributed by atoms with Crippen molar-refractivity contribution in [2.75, 3.05) is 14.6 Å². The van der Waals surface area contributed by atoms with E-state index in [2.05, 4.69) is 275 Å². The summed E-state index contributed by atoms with van der Waals surface area (Å²) in [6, 6.07) is 88.6. The van der Waals surface area contributed by atoms with Crippen LogP contribution >= 0.6 is 0 Å². The maximum absolute atomic E-state index is 6.95. The maximum Gasteiger partial charge on any atom is 0.333 e. The van der Waals surface area contributed by atoms with E-state index in [4.69, 9.17) is 9.47 Å². The Morgan fingerprint density at radius 1 is 0.372 bits per heavy atom. The van der Waals surface area contributed by atoms with E-state index in [0.717, 1.165) is 78.6 Å². The number of para-hydroxylation sites is 4. The van der Waals surface area contributed by atoms with Crippen molar-refractivity contribution in [3.63, 3.8) is 0 Å². The Morgan fingerprint density at radius 3 is 1.45 bits per heavy atom. The van der Waals surface area contributed by atoms with Gasteiger partial charge >= 0.3 is 6.85 Å². The van der Waals surface area contributed by atoms with Crippen LogP contribution in [0.25, 0.3) is 44.2 Å². The van der Waals surface area contributed by atoms with E-state index in [0.29, 0.717) is 23.0 Å². The lowest BCUT2D eigenvalue weighted by Crippen LogP contribution is -2.61. The van der Waals surface area contributed by atoms with Crippen LogP contribution in [0.3, 0.4) is 0 Å². The molecule has 3 aliphatic heterocycles. The van der Waals surface area contributed by atoms with E-state index in [-0.39, 0.29) is 17.7 Å². The second-order valence-corrected chi connectivity index (χ2v) is 22.9. The van der Waals surface area contributed by atoms with Crippen molar-refractivity contribution >= 4 is 74.0 Å². The molecule has 0 unspecified atom stereocenters. The normalized spacial score (nSPS) is 13.1. The molecular weight excluding hydrogens is 950 g/mol. The number of rotatable bonds is 7. The van der Waals surface area contributed by atoms with Gasteiger partial charge in [-0.05, 0) is 151 Å². The van der Waals surface area contributed by atoms with Gasteiger partial charge in [-0.15, -0.1) is 0 Å². The molecule has 78 heavy (non-hydrogen) atoms. The van der Waals surface area contributed by atoms with Crippen LogP contribution in [0.5, 0.6) is 23.0 Å². The van der Waals surface area contributed by atoms with Crippen LogP contribution in [0, 0.1) is 0 Å². The molecule has 0 N–H and O–H groups in total. The van der Waals surface area contributed by atoms with Gasteiger partial charge in [0.25, 0.3) is 0 Å². The van der Waals surface area contributed by atoms with Crippen molar-refractivity contribution in [2.45, 2.75) is 52.4 Å². The van der Waals surface area contributed by atoms with Gasteiger partial charge in [-0.2, -0.15) is 0 Å². The minimum Gasteiger partial charge on any atom is -0.450 e. The van der Waals surface area contributed by atoms with Crippen molar-refractivity contribution in [3.8, 4) is 56.4 Å². The summed E-state index contributed by atoms with van der Waals surface area (Å²) in [4.78, 5) is 7.56. The molecule has 3 aliphatic rings. The first kappa shape index (κ1) is 47.2. The molecule has 3 heterocycles. The summed E-state index contributed by atoms with van der Waals surface area (Å²) in [5.74, 6) is 2.73. The first-order valence-electron chi connectivity index (χ1n) is 27.2. The molecule has 5 nitrogen and oxygen atoms in total. The first-order valence-corrected chi connectivity index (χ1v) is 27.2. The van der Waals surface area contributed by atoms with Crippen molar-refractivity contribution < 1.29 is 9.47 Å². The predicted octanol–water partition coefficient (Wildman–Crippen LogP) is 18.8. The van der Waals surface area contributed by atoms with Gasteiger partial charge in [0.2, 0.25) is 0 Å². The molecule has 376 valence electrons. The Kier molecular flexibility index (Phi) is 11.0. The second-order valence-electron chi connectivity index (χ2n) is 22.9. The number of hydrogen-bond donors (Lipinski definition) is 0. The predicted molar refractivity (Wildman–Crippen MR) is 327 cm³/mol. The highest BCUT2D eigenvalue weighted by Crippen LogP contribution is 2.56. The van der Waals surface area contributed by atoms with Crippen molar-refractivity contribution in [1.82, 2.24) is 0 Å². The van der Waals surface area contributed by atoms with Crippen molar-refractivity contribution in [3.05, 3.63) is 254 Å². The first-order chi connectivity index (χ1) is 38.0. The van der Waals surface area contributed by atoms with Gasteiger partial charge in [0.15, 0.2) is 23.0 Å². The number of hydrogen-bond acceptors (Lipinski definition) is 5. The zero-order valence-electron chi connectivity index (χ0n) is 44.8. The van der Waals surface area contributed by atoms with Gasteiger partial charge in [-0.25, -0.2) is 0 Å². The largest absolute Gasteiger partial charge is 0.450 e. The minimum atomic E-state index is -0.341. The van der Waals surface area contributed by atoms with Gasteiger partial charge < -0.3 is 24.1 Å². The molecule has 0 radical (unpaired) electrons. The number of benzene rings is 11. The quantitative estimate of drug-likeness (QED) is 0.148. The topological polar surface area (TPSA) is 28.2 Å². The van der Waals surface area contributed by atoms with Crippen LogP contribution in [0.1, 0.15) is 52.7 Å². The molecular formula is C72H58BN3O2. The van der Waals surface area contributed by atoms with E-state index in [9.17, 15) is 0 Å². The molecule has 0 saturated heterocycles. The van der Waals surface area contributed by atoms with Crippen LogP contribution in [0.15, 0.2) is 243 Å². The van der Waals surface area contributed by atoms with Crippen LogP contribution in [0.4, 0.5) is 45.5 Å². The molecule has 0 amide bonds. The smallest absolute Gasteiger partial charge is 0.333 e. The highest BCUT2D eigenvalue weighted by Gasteiger charge is 2.48. The van der Waals surface area contributed by atoms with E-state index in [1.807, 2.05) is 24.3 Å². The highest BCUT2D eigenvalue weighted by molar-refractivity contribution is 6.94. The number of fused-ring (bicyclic) bond motifs is 8. The number of ether oxygens (including phenoxy) is 2. The average molecular weight is 1010 g/mol. The SMILES string of the molecule is CC(C)(C)c1ccc(N2B3c4cc5c(cc4N(c4ccc(C(C)(C)C)cc4-c4ccccc4)c4cc6ccccc6c(c43)-c3cc(N(c4ccccc4)c4ccccc4)ccc32)Oc2ccccc2O5)c(-c2ccccc2)c1. The van der Waals surface area contributed by atoms with Gasteiger partial charge in [0, 0.05) is 62.6 Å². The average Bonchev–Trinajstić information content (AvgIpc) is 3.59. The Balaban J connectivity index is 1.14. The highest BCUT2D eigenvalue weighted by atomic mass is 16.6. The Morgan fingerprint density at radius 2 is 0.859 bits per heavy atom. The van der Waals surface area contributed by atoms with E-state index in [1.54, 1.807) is 0 Å². The van der Waals surface area contributed by atoms with Gasteiger partial charge in [-0.1, -0.05) is 187 Å². The Labute approximate surface area is 458 Å². The van der Waals surface area contributed by atoms with Crippen LogP contribution in [0.2, 0.25) is 0 Å². The summed E-state index contributed by atoms with van der Waals surface area (Å²) in [7, 11) is 0. The fourth-order valence-electron chi connectivity index (χ4n) is 12.1. The summed E-state index contributed by atoms with van der Waals surface area (Å²) in [5, 5.41) is 2.35. The molecule has 0 atom stereocenters. The molecule has 0 bridgehead atoms. The van der Waals surface area contributed by atoms with Crippen molar-refractivity contribution in [1.29, 1.82) is 0 Å². The third-order valence-electron chi connectivity index (χ3n) is 15.9. The van der Waals surface area contributed by atoms with E-state index in [1.165, 1.54) is 33.1 Å². The Hall–Kier alpha value is -9.26. The zero-order valence-corrected chi connectivity index (χ0v) is 44.8. The summed E-state index contributed by atoms with van der Waals surface area (Å²) >= 11 is 0. The third kappa shape index (κ3) is 7.85. The van der Waals surface area contributed by atoms with E-state index >= 15 is 0 Å². The lowest BCUT2D eigenvalue weighted by molar-refractivity contribution is 0.360. The van der Waals surface area contributed by atoms with Crippen LogP contribution < -0.4 is 35.0 Å². The van der Waals surface area contributed by atoms with Crippen LogP contribution in [-0.4, -0.2) is 6.85 Å². The molecule has 0 spiro atoms. The Bertz CT molecular complexity index is 4090.